The Balaban J connectivity index is 1.56. The van der Waals surface area contributed by atoms with E-state index in [4.69, 9.17) is 0 Å². The maximum Gasteiger partial charge on any atom is 0.251 e. The first kappa shape index (κ1) is 16.8. The summed E-state index contributed by atoms with van der Waals surface area (Å²) in [6, 6.07) is 5.52. The van der Waals surface area contributed by atoms with Gasteiger partial charge in [-0.3, -0.25) is 14.5 Å². The molecule has 3 rings (SSSR count). The molecule has 2 heterocycles. The molecule has 0 saturated carbocycles. The second-order valence-corrected chi connectivity index (χ2v) is 6.38. The molecule has 2 N–H and O–H groups in total. The largest absolute Gasteiger partial charge is 0.326 e. The molecule has 5 nitrogen and oxygen atoms in total. The number of aryl methyl sites for hydroxylation is 1. The van der Waals surface area contributed by atoms with Crippen molar-refractivity contribution >= 4 is 23.2 Å². The van der Waals surface area contributed by atoms with Crippen molar-refractivity contribution in [3.8, 4) is 0 Å². The van der Waals surface area contributed by atoms with E-state index >= 15 is 0 Å². The average Bonchev–Trinajstić information content (AvgIpc) is 2.54. The summed E-state index contributed by atoms with van der Waals surface area (Å²) in [5.74, 6) is -0.268. The first-order valence-corrected chi connectivity index (χ1v) is 8.25. The fourth-order valence-electron chi connectivity index (χ4n) is 3.27. The molecule has 0 spiro atoms. The topological polar surface area (TPSA) is 61.4 Å². The Bertz CT molecular complexity index is 628. The van der Waals surface area contributed by atoms with Gasteiger partial charge >= 0.3 is 0 Å². The quantitative estimate of drug-likeness (QED) is 0.887. The van der Waals surface area contributed by atoms with Gasteiger partial charge in [0.15, 0.2) is 0 Å². The maximum absolute atomic E-state index is 12.4. The van der Waals surface area contributed by atoms with Crippen LogP contribution >= 0.6 is 0 Å². The zero-order chi connectivity index (χ0) is 17.1. The predicted octanol–water partition coefficient (Wildman–Crippen LogP) is 2.49. The van der Waals surface area contributed by atoms with E-state index in [1.165, 1.54) is 0 Å². The number of hydrogen-bond donors (Lipinski definition) is 2. The van der Waals surface area contributed by atoms with Crippen molar-refractivity contribution in [2.75, 3.05) is 30.3 Å². The summed E-state index contributed by atoms with van der Waals surface area (Å²) in [7, 11) is 0. The van der Waals surface area contributed by atoms with Crippen LogP contribution in [0.2, 0.25) is 0 Å². The molecule has 0 unspecified atom stereocenters. The average molecular weight is 337 g/mol. The molecule has 0 aromatic heterocycles. The number of fused-ring (bicyclic) bond motifs is 1. The van der Waals surface area contributed by atoms with Crippen molar-refractivity contribution in [2.24, 2.45) is 5.92 Å². The number of piperidine rings is 1. The molecule has 2 amide bonds. The number of amides is 2. The number of rotatable bonds is 4. The summed E-state index contributed by atoms with van der Waals surface area (Å²) in [6.45, 7) is 0.810. The second kappa shape index (κ2) is 7.25. The van der Waals surface area contributed by atoms with Gasteiger partial charge in [-0.2, -0.15) is 0 Å². The third-order valence-electron chi connectivity index (χ3n) is 4.63. The van der Waals surface area contributed by atoms with Crippen LogP contribution in [0, 0.1) is 5.92 Å². The molecule has 1 fully saturated rings. The first-order chi connectivity index (χ1) is 11.5. The fourth-order valence-corrected chi connectivity index (χ4v) is 3.27. The Hall–Kier alpha value is -2.02. The van der Waals surface area contributed by atoms with Crippen LogP contribution < -0.4 is 10.6 Å². The highest BCUT2D eigenvalue weighted by atomic mass is 19.3. The van der Waals surface area contributed by atoms with Crippen molar-refractivity contribution < 1.29 is 18.4 Å². The molecule has 1 saturated heterocycles. The van der Waals surface area contributed by atoms with E-state index in [2.05, 4.69) is 10.6 Å². The summed E-state index contributed by atoms with van der Waals surface area (Å²) in [6.07, 6.45) is 0.0232. The lowest BCUT2D eigenvalue weighted by Gasteiger charge is -2.31. The lowest BCUT2D eigenvalue weighted by Crippen LogP contribution is -2.40. The Morgan fingerprint density at radius 1 is 1.29 bits per heavy atom. The SMILES string of the molecule is O=C1CCc2ccc(NC(=O)C3CCN(CC(F)F)CC3)cc2N1. The number of alkyl halides is 2. The number of benzene rings is 1. The first-order valence-electron chi connectivity index (χ1n) is 8.25. The number of likely N-dealkylation sites (tertiary alicyclic amines) is 1. The standard InChI is InChI=1S/C17H21F2N3O2/c18-15(19)10-22-7-5-12(6-8-22)17(24)20-13-3-1-11-2-4-16(23)21-14(11)9-13/h1,3,9,12,15H,2,4-8,10H2,(H,20,24)(H,21,23). The number of carbonyl (C=O) groups excluding carboxylic acids is 2. The van der Waals surface area contributed by atoms with E-state index in [-0.39, 0.29) is 24.3 Å². The summed E-state index contributed by atoms with van der Waals surface area (Å²) < 4.78 is 24.8. The molecule has 1 aromatic carbocycles. The highest BCUT2D eigenvalue weighted by Crippen LogP contribution is 2.27. The molecular weight excluding hydrogens is 316 g/mol. The van der Waals surface area contributed by atoms with Gasteiger partial charge in [0.05, 0.1) is 6.54 Å². The minimum atomic E-state index is -2.33. The van der Waals surface area contributed by atoms with Crippen LogP contribution in [0.3, 0.4) is 0 Å². The van der Waals surface area contributed by atoms with Gasteiger partial charge in [-0.05, 0) is 50.0 Å². The van der Waals surface area contributed by atoms with Crippen molar-refractivity contribution in [2.45, 2.75) is 32.1 Å². The van der Waals surface area contributed by atoms with Crippen molar-refractivity contribution in [1.82, 2.24) is 4.90 Å². The Morgan fingerprint density at radius 3 is 2.75 bits per heavy atom. The van der Waals surface area contributed by atoms with Crippen LogP contribution in [0.1, 0.15) is 24.8 Å². The van der Waals surface area contributed by atoms with E-state index in [1.807, 2.05) is 12.1 Å². The van der Waals surface area contributed by atoms with E-state index in [0.717, 1.165) is 11.3 Å². The number of carbonyl (C=O) groups is 2. The van der Waals surface area contributed by atoms with Gasteiger partial charge in [0, 0.05) is 23.7 Å². The molecule has 130 valence electrons. The maximum atomic E-state index is 12.4. The lowest BCUT2D eigenvalue weighted by molar-refractivity contribution is -0.121. The number of nitrogens with zero attached hydrogens (tertiary/aromatic N) is 1. The molecule has 1 aromatic rings. The predicted molar refractivity (Wildman–Crippen MR) is 87.2 cm³/mol. The summed E-state index contributed by atoms with van der Waals surface area (Å²) in [4.78, 5) is 25.5. The minimum absolute atomic E-state index is 0.0163. The van der Waals surface area contributed by atoms with Crippen molar-refractivity contribution in [1.29, 1.82) is 0 Å². The molecule has 24 heavy (non-hydrogen) atoms. The normalized spacial score (nSPS) is 19.0. The van der Waals surface area contributed by atoms with Crippen LogP contribution in [-0.4, -0.2) is 42.8 Å². The van der Waals surface area contributed by atoms with E-state index in [9.17, 15) is 18.4 Å². The van der Waals surface area contributed by atoms with Gasteiger partial charge in [0.2, 0.25) is 11.8 Å². The fraction of sp³-hybridized carbons (Fsp3) is 0.529. The van der Waals surface area contributed by atoms with Gasteiger partial charge in [0.1, 0.15) is 0 Å². The summed E-state index contributed by atoms with van der Waals surface area (Å²) in [5, 5.41) is 5.68. The molecule has 2 aliphatic rings. The number of halogens is 2. The van der Waals surface area contributed by atoms with Crippen LogP contribution in [0.4, 0.5) is 20.2 Å². The van der Waals surface area contributed by atoms with Crippen LogP contribution in [0.5, 0.6) is 0 Å². The molecule has 0 radical (unpaired) electrons. The van der Waals surface area contributed by atoms with Crippen LogP contribution in [0.25, 0.3) is 0 Å². The third kappa shape index (κ3) is 4.08. The van der Waals surface area contributed by atoms with E-state index in [0.29, 0.717) is 44.5 Å². The summed E-state index contributed by atoms with van der Waals surface area (Å²) >= 11 is 0. The number of nitrogens with one attached hydrogen (secondary N) is 2. The highest BCUT2D eigenvalue weighted by Gasteiger charge is 2.26. The summed E-state index contributed by atoms with van der Waals surface area (Å²) in [5.41, 5.74) is 2.46. The van der Waals surface area contributed by atoms with Gasteiger partial charge < -0.3 is 10.6 Å². The zero-order valence-corrected chi connectivity index (χ0v) is 13.4. The number of anilines is 2. The van der Waals surface area contributed by atoms with Crippen LogP contribution in [0.15, 0.2) is 18.2 Å². The van der Waals surface area contributed by atoms with E-state index in [1.54, 1.807) is 11.0 Å². The second-order valence-electron chi connectivity index (χ2n) is 6.38. The van der Waals surface area contributed by atoms with Gasteiger partial charge in [-0.25, -0.2) is 8.78 Å². The highest BCUT2D eigenvalue weighted by molar-refractivity contribution is 5.97. The van der Waals surface area contributed by atoms with E-state index < -0.39 is 6.43 Å². The number of hydrogen-bond acceptors (Lipinski definition) is 3. The molecular formula is C17H21F2N3O2. The molecule has 0 bridgehead atoms. The molecule has 0 atom stereocenters. The van der Waals surface area contributed by atoms with Gasteiger partial charge in [-0.1, -0.05) is 6.07 Å². The monoisotopic (exact) mass is 337 g/mol. The Morgan fingerprint density at radius 2 is 2.04 bits per heavy atom. The molecule has 2 aliphatic heterocycles. The minimum Gasteiger partial charge on any atom is -0.326 e. The lowest BCUT2D eigenvalue weighted by atomic mass is 9.95. The third-order valence-corrected chi connectivity index (χ3v) is 4.63. The van der Waals surface area contributed by atoms with Crippen molar-refractivity contribution in [3.05, 3.63) is 23.8 Å². The molecule has 7 heteroatoms. The smallest absolute Gasteiger partial charge is 0.251 e. The Kier molecular flexibility index (Phi) is 5.08. The zero-order valence-electron chi connectivity index (χ0n) is 13.4. The molecule has 0 aliphatic carbocycles. The Labute approximate surface area is 139 Å². The van der Waals surface area contributed by atoms with Crippen molar-refractivity contribution in [3.63, 3.8) is 0 Å². The van der Waals surface area contributed by atoms with Gasteiger partial charge in [-0.15, -0.1) is 0 Å². The van der Waals surface area contributed by atoms with Crippen LogP contribution in [-0.2, 0) is 16.0 Å². The van der Waals surface area contributed by atoms with Gasteiger partial charge in [0.25, 0.3) is 6.43 Å².